The van der Waals surface area contributed by atoms with Crippen LogP contribution in [0.2, 0.25) is 0 Å². The number of halogens is 1. The third-order valence-electron chi connectivity index (χ3n) is 5.18. The maximum Gasteiger partial charge on any atom is 0.221 e. The number of methoxy groups -OCH3 is 1. The van der Waals surface area contributed by atoms with Gasteiger partial charge in [0.05, 0.1) is 18.4 Å². The lowest BCUT2D eigenvalue weighted by Crippen LogP contribution is -2.09. The molecule has 0 aliphatic carbocycles. The van der Waals surface area contributed by atoms with E-state index in [0.29, 0.717) is 22.4 Å². The van der Waals surface area contributed by atoms with Gasteiger partial charge in [0, 0.05) is 23.9 Å². The molecule has 1 aromatic heterocycles. The highest BCUT2D eigenvalue weighted by Gasteiger charge is 2.19. The summed E-state index contributed by atoms with van der Waals surface area (Å²) in [5, 5.41) is 11.7. The van der Waals surface area contributed by atoms with Crippen LogP contribution in [0.25, 0.3) is 17.1 Å². The molecule has 0 radical (unpaired) electrons. The van der Waals surface area contributed by atoms with Gasteiger partial charge in [-0.25, -0.2) is 4.39 Å². The molecule has 178 valence electrons. The van der Waals surface area contributed by atoms with E-state index in [2.05, 4.69) is 15.5 Å². The van der Waals surface area contributed by atoms with Crippen molar-refractivity contribution < 1.29 is 18.7 Å². The van der Waals surface area contributed by atoms with Crippen molar-refractivity contribution in [2.75, 3.05) is 18.2 Å². The molecule has 1 N–H and O–H groups in total. The molecule has 3 aromatic carbocycles. The molecule has 4 aromatic rings. The summed E-state index contributed by atoms with van der Waals surface area (Å²) in [4.78, 5) is 24.0. The first-order chi connectivity index (χ1) is 16.9. The molecule has 35 heavy (non-hydrogen) atoms. The summed E-state index contributed by atoms with van der Waals surface area (Å²) in [5.41, 5.74) is 2.98. The summed E-state index contributed by atoms with van der Waals surface area (Å²) < 4.78 is 21.7. The van der Waals surface area contributed by atoms with Gasteiger partial charge in [0.15, 0.2) is 16.8 Å². The van der Waals surface area contributed by atoms with Crippen molar-refractivity contribution >= 4 is 29.1 Å². The summed E-state index contributed by atoms with van der Waals surface area (Å²) in [6.45, 7) is 3.33. The molecule has 9 heteroatoms. The van der Waals surface area contributed by atoms with Crippen LogP contribution in [0.4, 0.5) is 10.1 Å². The maximum absolute atomic E-state index is 14.5. The Morgan fingerprint density at radius 1 is 1.06 bits per heavy atom. The number of aromatic nitrogens is 3. The molecular weight excluding hydrogens is 467 g/mol. The lowest BCUT2D eigenvalue weighted by atomic mass is 10.1. The van der Waals surface area contributed by atoms with Crippen LogP contribution in [0.3, 0.4) is 0 Å². The molecule has 0 atom stereocenters. The monoisotopic (exact) mass is 490 g/mol. The number of Topliss-reactive ketones (excluding diaryl/α,β-unsaturated/α-hetero) is 1. The standard InChI is InChI=1S/C26H23FN4O3S/c1-16-7-10-20(11-8-16)31-25(18-5-4-6-21(13-18)34-3)29-30-26(31)35-15-24(33)22-12-9-19(14-23(22)27)28-17(2)32/h4-14H,15H2,1-3H3,(H,28,32). The van der Waals surface area contributed by atoms with E-state index in [1.165, 1.54) is 30.8 Å². The Morgan fingerprint density at radius 2 is 1.83 bits per heavy atom. The first-order valence-corrected chi connectivity index (χ1v) is 11.7. The molecule has 0 saturated carbocycles. The highest BCUT2D eigenvalue weighted by atomic mass is 32.2. The Labute approximate surface area is 206 Å². The highest BCUT2D eigenvalue weighted by molar-refractivity contribution is 7.99. The molecule has 1 amide bonds. The fourth-order valence-electron chi connectivity index (χ4n) is 3.47. The number of carbonyl (C=O) groups excluding carboxylic acids is 2. The molecule has 1 heterocycles. The largest absolute Gasteiger partial charge is 0.497 e. The average Bonchev–Trinajstić information content (AvgIpc) is 3.27. The third kappa shape index (κ3) is 5.58. The molecule has 0 aliphatic heterocycles. The van der Waals surface area contributed by atoms with Gasteiger partial charge >= 0.3 is 0 Å². The van der Waals surface area contributed by atoms with Crippen LogP contribution in [0.15, 0.2) is 71.9 Å². The number of thioether (sulfide) groups is 1. The number of hydrogen-bond donors (Lipinski definition) is 1. The van der Waals surface area contributed by atoms with E-state index in [1.54, 1.807) is 7.11 Å². The molecular formula is C26H23FN4O3S. The van der Waals surface area contributed by atoms with Crippen LogP contribution in [-0.2, 0) is 4.79 Å². The first kappa shape index (κ1) is 24.2. The Balaban J connectivity index is 1.63. The lowest BCUT2D eigenvalue weighted by molar-refractivity contribution is -0.114. The number of carbonyl (C=O) groups is 2. The minimum absolute atomic E-state index is 0.0431. The quantitative estimate of drug-likeness (QED) is 0.266. The van der Waals surface area contributed by atoms with Gasteiger partial charge in [-0.2, -0.15) is 0 Å². The number of amides is 1. The van der Waals surface area contributed by atoms with E-state index in [9.17, 15) is 14.0 Å². The summed E-state index contributed by atoms with van der Waals surface area (Å²) in [6, 6.07) is 19.4. The Hall–Kier alpha value is -3.98. The summed E-state index contributed by atoms with van der Waals surface area (Å²) >= 11 is 1.17. The second-order valence-corrected chi connectivity index (χ2v) is 8.74. The fraction of sp³-hybridized carbons (Fsp3) is 0.154. The van der Waals surface area contributed by atoms with Gasteiger partial charge in [-0.1, -0.05) is 41.6 Å². The van der Waals surface area contributed by atoms with Crippen LogP contribution in [0.5, 0.6) is 5.75 Å². The first-order valence-electron chi connectivity index (χ1n) is 10.8. The summed E-state index contributed by atoms with van der Waals surface area (Å²) in [5.74, 6) is -0.182. The molecule has 0 aliphatic rings. The molecule has 0 spiro atoms. The van der Waals surface area contributed by atoms with Crippen molar-refractivity contribution in [3.8, 4) is 22.8 Å². The van der Waals surface area contributed by atoms with Crippen molar-refractivity contribution in [3.05, 3.63) is 83.7 Å². The number of ketones is 1. The third-order valence-corrected chi connectivity index (χ3v) is 6.10. The van der Waals surface area contributed by atoms with Crippen LogP contribution in [0.1, 0.15) is 22.8 Å². The zero-order valence-electron chi connectivity index (χ0n) is 19.4. The fourth-order valence-corrected chi connectivity index (χ4v) is 4.30. The number of ether oxygens (including phenoxy) is 1. The van der Waals surface area contributed by atoms with E-state index in [1.807, 2.05) is 60.0 Å². The molecule has 0 unspecified atom stereocenters. The van der Waals surface area contributed by atoms with Crippen LogP contribution in [-0.4, -0.2) is 39.3 Å². The number of nitrogens with one attached hydrogen (secondary N) is 1. The van der Waals surface area contributed by atoms with Crippen molar-refractivity contribution in [2.24, 2.45) is 0 Å². The van der Waals surface area contributed by atoms with E-state index in [-0.39, 0.29) is 17.2 Å². The number of benzene rings is 3. The van der Waals surface area contributed by atoms with Gasteiger partial charge in [0.1, 0.15) is 11.6 Å². The van der Waals surface area contributed by atoms with E-state index < -0.39 is 11.6 Å². The number of aryl methyl sites for hydroxylation is 1. The number of hydrogen-bond acceptors (Lipinski definition) is 6. The van der Waals surface area contributed by atoms with Gasteiger partial charge in [-0.3, -0.25) is 14.2 Å². The van der Waals surface area contributed by atoms with Crippen molar-refractivity contribution in [1.29, 1.82) is 0 Å². The minimum atomic E-state index is -0.695. The van der Waals surface area contributed by atoms with Crippen molar-refractivity contribution in [3.63, 3.8) is 0 Å². The highest BCUT2D eigenvalue weighted by Crippen LogP contribution is 2.30. The predicted octanol–water partition coefficient (Wildman–Crippen LogP) is 5.32. The smallest absolute Gasteiger partial charge is 0.221 e. The number of nitrogens with zero attached hydrogens (tertiary/aromatic N) is 3. The summed E-state index contributed by atoms with van der Waals surface area (Å²) in [7, 11) is 1.60. The van der Waals surface area contributed by atoms with Crippen molar-refractivity contribution in [2.45, 2.75) is 19.0 Å². The topological polar surface area (TPSA) is 86.1 Å². The molecule has 4 rings (SSSR count). The zero-order chi connectivity index (χ0) is 24.9. The van der Waals surface area contributed by atoms with Crippen LogP contribution in [0, 0.1) is 12.7 Å². The van der Waals surface area contributed by atoms with Gasteiger partial charge < -0.3 is 10.1 Å². The van der Waals surface area contributed by atoms with E-state index in [4.69, 9.17) is 4.74 Å². The van der Waals surface area contributed by atoms with Gasteiger partial charge in [0.25, 0.3) is 0 Å². The van der Waals surface area contributed by atoms with Crippen LogP contribution >= 0.6 is 11.8 Å². The molecule has 7 nitrogen and oxygen atoms in total. The van der Waals surface area contributed by atoms with E-state index in [0.717, 1.165) is 22.9 Å². The normalized spacial score (nSPS) is 10.7. The zero-order valence-corrected chi connectivity index (χ0v) is 20.2. The van der Waals surface area contributed by atoms with E-state index >= 15 is 0 Å². The number of rotatable bonds is 8. The number of anilines is 1. The van der Waals surface area contributed by atoms with Crippen LogP contribution < -0.4 is 10.1 Å². The molecule has 0 fully saturated rings. The maximum atomic E-state index is 14.5. The average molecular weight is 491 g/mol. The SMILES string of the molecule is COc1cccc(-c2nnc(SCC(=O)c3ccc(NC(C)=O)cc3F)n2-c2ccc(C)cc2)c1. The Kier molecular flexibility index (Phi) is 7.26. The van der Waals surface area contributed by atoms with Gasteiger partial charge in [-0.15, -0.1) is 10.2 Å². The van der Waals surface area contributed by atoms with Gasteiger partial charge in [-0.05, 0) is 49.4 Å². The predicted molar refractivity (Wildman–Crippen MR) is 134 cm³/mol. The second-order valence-electron chi connectivity index (χ2n) is 7.80. The van der Waals surface area contributed by atoms with Crippen molar-refractivity contribution in [1.82, 2.24) is 14.8 Å². The summed E-state index contributed by atoms with van der Waals surface area (Å²) in [6.07, 6.45) is 0. The Morgan fingerprint density at radius 3 is 2.51 bits per heavy atom. The second kappa shape index (κ2) is 10.5. The molecule has 0 saturated heterocycles. The lowest BCUT2D eigenvalue weighted by Gasteiger charge is -2.11. The van der Waals surface area contributed by atoms with Gasteiger partial charge in [0.2, 0.25) is 5.91 Å². The molecule has 0 bridgehead atoms. The Bertz CT molecular complexity index is 1390. The minimum Gasteiger partial charge on any atom is -0.497 e.